The maximum absolute atomic E-state index is 12.2. The Kier molecular flexibility index (Phi) is 7.55. The molecule has 2 heterocycles. The number of ether oxygens (including phenoxy) is 1. The van der Waals surface area contributed by atoms with Crippen molar-refractivity contribution in [1.29, 1.82) is 0 Å². The second-order valence-corrected chi connectivity index (χ2v) is 7.90. The normalized spacial score (nSPS) is 10.5. The van der Waals surface area contributed by atoms with Gasteiger partial charge in [0.25, 0.3) is 5.91 Å². The second-order valence-electron chi connectivity index (χ2n) is 6.87. The topological polar surface area (TPSA) is 102 Å². The van der Waals surface area contributed by atoms with Gasteiger partial charge in [0.1, 0.15) is 0 Å². The lowest BCUT2D eigenvalue weighted by molar-refractivity contribution is -0.147. The number of imide groups is 1. The summed E-state index contributed by atoms with van der Waals surface area (Å²) >= 11 is 1.60. The molecular weight excluding hydrogens is 416 g/mol. The van der Waals surface area contributed by atoms with E-state index in [1.807, 2.05) is 61.7 Å². The minimum absolute atomic E-state index is 0.00914. The molecule has 0 atom stereocenters. The van der Waals surface area contributed by atoms with Gasteiger partial charge in [-0.2, -0.15) is 5.10 Å². The Hall–Kier alpha value is -3.46. The zero-order chi connectivity index (χ0) is 22.2. The highest BCUT2D eigenvalue weighted by molar-refractivity contribution is 7.09. The average molecular weight is 441 g/mol. The van der Waals surface area contributed by atoms with E-state index in [0.717, 1.165) is 21.8 Å². The minimum atomic E-state index is -0.685. The van der Waals surface area contributed by atoms with Gasteiger partial charge in [0, 0.05) is 22.7 Å². The maximum Gasteiger partial charge on any atom is 0.321 e. The van der Waals surface area contributed by atoms with Gasteiger partial charge in [-0.25, -0.2) is 9.48 Å². The molecule has 0 fully saturated rings. The fraction of sp³-hybridized carbons (Fsp3) is 0.273. The predicted molar refractivity (Wildman–Crippen MR) is 117 cm³/mol. The number of hydrogen-bond acceptors (Lipinski definition) is 6. The van der Waals surface area contributed by atoms with Gasteiger partial charge in [-0.1, -0.05) is 24.3 Å². The van der Waals surface area contributed by atoms with E-state index >= 15 is 0 Å². The Balaban J connectivity index is 1.44. The number of amides is 3. The maximum atomic E-state index is 12.2. The zero-order valence-corrected chi connectivity index (χ0v) is 18.2. The molecule has 0 saturated heterocycles. The summed E-state index contributed by atoms with van der Waals surface area (Å²) in [6.45, 7) is 3.58. The third-order valence-electron chi connectivity index (χ3n) is 4.62. The van der Waals surface area contributed by atoms with Crippen molar-refractivity contribution in [2.45, 2.75) is 26.7 Å². The van der Waals surface area contributed by atoms with E-state index in [2.05, 4.69) is 15.7 Å². The quantitative estimate of drug-likeness (QED) is 0.525. The molecule has 3 rings (SSSR count). The molecule has 9 heteroatoms. The third kappa shape index (κ3) is 6.26. The molecule has 0 aliphatic heterocycles. The van der Waals surface area contributed by atoms with Crippen LogP contribution in [0.25, 0.3) is 5.69 Å². The first-order valence-electron chi connectivity index (χ1n) is 9.80. The monoisotopic (exact) mass is 440 g/mol. The summed E-state index contributed by atoms with van der Waals surface area (Å²) in [5, 5.41) is 11.2. The van der Waals surface area contributed by atoms with E-state index in [1.54, 1.807) is 16.0 Å². The number of aryl methyl sites for hydroxylation is 1. The number of urea groups is 1. The molecule has 0 saturated carbocycles. The SMILES string of the molecule is Cc1nn(-c2ccccc2)c(C)c1CC(=O)OCC(=O)NC(=O)NCCc1cccs1. The molecule has 162 valence electrons. The summed E-state index contributed by atoms with van der Waals surface area (Å²) in [4.78, 5) is 37.0. The van der Waals surface area contributed by atoms with Crippen LogP contribution in [-0.4, -0.2) is 40.8 Å². The van der Waals surface area contributed by atoms with Gasteiger partial charge in [0.15, 0.2) is 6.61 Å². The van der Waals surface area contributed by atoms with E-state index in [1.165, 1.54) is 0 Å². The lowest BCUT2D eigenvalue weighted by Gasteiger charge is -2.08. The largest absolute Gasteiger partial charge is 0.455 e. The Bertz CT molecular complexity index is 1050. The molecule has 2 aromatic heterocycles. The third-order valence-corrected chi connectivity index (χ3v) is 5.55. The number of carbonyl (C=O) groups is 3. The highest BCUT2D eigenvalue weighted by Crippen LogP contribution is 2.18. The van der Waals surface area contributed by atoms with Crippen molar-refractivity contribution in [2.75, 3.05) is 13.2 Å². The highest BCUT2D eigenvalue weighted by atomic mass is 32.1. The van der Waals surface area contributed by atoms with E-state index in [-0.39, 0.29) is 6.42 Å². The Labute approximate surface area is 184 Å². The van der Waals surface area contributed by atoms with Gasteiger partial charge >= 0.3 is 12.0 Å². The standard InChI is InChI=1S/C22H24N4O4S/c1-15-19(16(2)26(25-15)17-7-4-3-5-8-17)13-21(28)30-14-20(27)24-22(29)23-11-10-18-9-6-12-31-18/h3-9,12H,10-11,13-14H2,1-2H3,(H2,23,24,27,29). The van der Waals surface area contributed by atoms with Crippen molar-refractivity contribution in [3.8, 4) is 5.69 Å². The summed E-state index contributed by atoms with van der Waals surface area (Å²) in [7, 11) is 0. The number of hydrogen-bond donors (Lipinski definition) is 2. The van der Waals surface area contributed by atoms with Crippen LogP contribution in [0.15, 0.2) is 47.8 Å². The first-order chi connectivity index (χ1) is 14.9. The number of carbonyl (C=O) groups excluding carboxylic acids is 3. The molecule has 0 unspecified atom stereocenters. The Morgan fingerprint density at radius 1 is 1.10 bits per heavy atom. The fourth-order valence-corrected chi connectivity index (χ4v) is 3.76. The minimum Gasteiger partial charge on any atom is -0.455 e. The molecular formula is C22H24N4O4S. The summed E-state index contributed by atoms with van der Waals surface area (Å²) in [5.74, 6) is -1.25. The first kappa shape index (κ1) is 22.2. The summed E-state index contributed by atoms with van der Waals surface area (Å²) in [6, 6.07) is 12.9. The van der Waals surface area contributed by atoms with Crippen molar-refractivity contribution < 1.29 is 19.1 Å². The molecule has 0 bridgehead atoms. The van der Waals surface area contributed by atoms with Crippen LogP contribution in [0.4, 0.5) is 4.79 Å². The zero-order valence-electron chi connectivity index (χ0n) is 17.4. The number of rotatable bonds is 8. The van der Waals surface area contributed by atoms with Crippen molar-refractivity contribution in [2.24, 2.45) is 0 Å². The van der Waals surface area contributed by atoms with E-state index < -0.39 is 24.5 Å². The van der Waals surface area contributed by atoms with Crippen LogP contribution in [0, 0.1) is 13.8 Å². The number of esters is 1. The van der Waals surface area contributed by atoms with Gasteiger partial charge < -0.3 is 10.1 Å². The molecule has 31 heavy (non-hydrogen) atoms. The molecule has 2 N–H and O–H groups in total. The van der Waals surface area contributed by atoms with Crippen molar-refractivity contribution in [1.82, 2.24) is 20.4 Å². The Morgan fingerprint density at radius 2 is 1.87 bits per heavy atom. The van der Waals surface area contributed by atoms with Crippen molar-refractivity contribution in [3.05, 3.63) is 69.7 Å². The predicted octanol–water partition coefficient (Wildman–Crippen LogP) is 2.70. The Morgan fingerprint density at radius 3 is 2.58 bits per heavy atom. The lowest BCUT2D eigenvalue weighted by atomic mass is 10.1. The van der Waals surface area contributed by atoms with E-state index in [4.69, 9.17) is 4.74 Å². The van der Waals surface area contributed by atoms with Crippen LogP contribution in [0.2, 0.25) is 0 Å². The molecule has 3 amide bonds. The van der Waals surface area contributed by atoms with E-state index in [0.29, 0.717) is 18.7 Å². The van der Waals surface area contributed by atoms with Gasteiger partial charge in [-0.3, -0.25) is 14.9 Å². The molecule has 3 aromatic rings. The van der Waals surface area contributed by atoms with Crippen LogP contribution in [0.3, 0.4) is 0 Å². The number of nitrogens with one attached hydrogen (secondary N) is 2. The molecule has 0 radical (unpaired) electrons. The van der Waals surface area contributed by atoms with Gasteiger partial charge in [-0.15, -0.1) is 11.3 Å². The molecule has 8 nitrogen and oxygen atoms in total. The lowest BCUT2D eigenvalue weighted by Crippen LogP contribution is -2.42. The van der Waals surface area contributed by atoms with E-state index in [9.17, 15) is 14.4 Å². The summed E-state index contributed by atoms with van der Waals surface area (Å²) in [6.07, 6.45) is 0.675. The van der Waals surface area contributed by atoms with Crippen LogP contribution in [-0.2, 0) is 27.2 Å². The number of thiophene rings is 1. The van der Waals surface area contributed by atoms with Crippen LogP contribution in [0.1, 0.15) is 21.8 Å². The molecule has 0 aliphatic rings. The molecule has 0 spiro atoms. The summed E-state index contributed by atoms with van der Waals surface area (Å²) < 4.78 is 6.80. The van der Waals surface area contributed by atoms with Crippen LogP contribution in [0.5, 0.6) is 0 Å². The van der Waals surface area contributed by atoms with Gasteiger partial charge in [-0.05, 0) is 43.8 Å². The highest BCUT2D eigenvalue weighted by Gasteiger charge is 2.18. The smallest absolute Gasteiger partial charge is 0.321 e. The van der Waals surface area contributed by atoms with Crippen molar-refractivity contribution >= 4 is 29.2 Å². The van der Waals surface area contributed by atoms with Gasteiger partial charge in [0.05, 0.1) is 17.8 Å². The molecule has 0 aliphatic carbocycles. The van der Waals surface area contributed by atoms with Crippen LogP contribution >= 0.6 is 11.3 Å². The fourth-order valence-electron chi connectivity index (χ4n) is 3.05. The number of nitrogens with zero attached hydrogens (tertiary/aromatic N) is 2. The van der Waals surface area contributed by atoms with Crippen molar-refractivity contribution in [3.63, 3.8) is 0 Å². The number of benzene rings is 1. The molecule has 1 aromatic carbocycles. The number of para-hydroxylation sites is 1. The first-order valence-corrected chi connectivity index (χ1v) is 10.7. The van der Waals surface area contributed by atoms with Gasteiger partial charge in [0.2, 0.25) is 0 Å². The summed E-state index contributed by atoms with van der Waals surface area (Å²) in [5.41, 5.74) is 3.19. The second kappa shape index (κ2) is 10.5. The number of aromatic nitrogens is 2. The average Bonchev–Trinajstić information content (AvgIpc) is 3.36. The van der Waals surface area contributed by atoms with Crippen LogP contribution < -0.4 is 10.6 Å².